The maximum absolute atomic E-state index is 12.1. The third kappa shape index (κ3) is 4.43. The quantitative estimate of drug-likeness (QED) is 0.564. The van der Waals surface area contributed by atoms with Gasteiger partial charge in [0.1, 0.15) is 17.5 Å². The van der Waals surface area contributed by atoms with E-state index in [4.69, 9.17) is 11.5 Å². The van der Waals surface area contributed by atoms with Gasteiger partial charge in [0, 0.05) is 19.6 Å². The number of hydrogen-bond acceptors (Lipinski definition) is 8. The van der Waals surface area contributed by atoms with Crippen LogP contribution in [0.1, 0.15) is 36.0 Å². The zero-order valence-corrected chi connectivity index (χ0v) is 18.0. The van der Waals surface area contributed by atoms with Gasteiger partial charge in [0.2, 0.25) is 0 Å². The zero-order chi connectivity index (χ0) is 22.7. The zero-order valence-electron chi connectivity index (χ0n) is 18.0. The van der Waals surface area contributed by atoms with Gasteiger partial charge in [-0.05, 0) is 56.0 Å². The Morgan fingerprint density at radius 3 is 2.50 bits per heavy atom. The third-order valence-corrected chi connectivity index (χ3v) is 6.15. The monoisotopic (exact) mass is 435 g/mol. The number of carbonyl (C=O) groups excluding carboxylic acids is 2. The molecule has 0 aromatic carbocycles. The minimum absolute atomic E-state index is 0.0769. The maximum atomic E-state index is 12.1. The van der Waals surface area contributed by atoms with Gasteiger partial charge in [-0.1, -0.05) is 6.58 Å². The molecule has 2 aliphatic rings. The third-order valence-electron chi connectivity index (χ3n) is 6.15. The van der Waals surface area contributed by atoms with E-state index in [2.05, 4.69) is 26.8 Å². The van der Waals surface area contributed by atoms with E-state index < -0.39 is 12.1 Å². The van der Waals surface area contributed by atoms with Crippen molar-refractivity contribution >= 4 is 34.8 Å². The Labute approximate surface area is 187 Å². The number of amides is 1. The molecule has 5 N–H and O–H groups in total. The second kappa shape index (κ2) is 9.35. The number of pyridine rings is 2. The van der Waals surface area contributed by atoms with E-state index in [0.29, 0.717) is 30.3 Å². The van der Waals surface area contributed by atoms with Crippen LogP contribution in [-0.2, 0) is 4.79 Å². The van der Waals surface area contributed by atoms with Crippen molar-refractivity contribution in [3.63, 3.8) is 0 Å². The van der Waals surface area contributed by atoms with E-state index in [1.165, 1.54) is 25.3 Å². The summed E-state index contributed by atoms with van der Waals surface area (Å²) in [7, 11) is 0. The molecule has 2 aromatic rings. The average Bonchev–Trinajstić information content (AvgIpc) is 3.20. The topological polar surface area (TPSA) is 130 Å². The first-order valence-electron chi connectivity index (χ1n) is 11.0. The second-order valence-electron chi connectivity index (χ2n) is 8.19. The normalized spacial score (nSPS) is 20.8. The van der Waals surface area contributed by atoms with Crippen LogP contribution < -0.4 is 26.6 Å². The number of rotatable bonds is 7. The fourth-order valence-electron chi connectivity index (χ4n) is 4.35. The number of nitrogens with one attached hydrogen (secondary N) is 1. The van der Waals surface area contributed by atoms with Crippen molar-refractivity contribution in [1.29, 1.82) is 0 Å². The molecule has 32 heavy (non-hydrogen) atoms. The van der Waals surface area contributed by atoms with Gasteiger partial charge in [-0.2, -0.15) is 0 Å². The molecule has 2 aromatic heterocycles. The Kier molecular flexibility index (Phi) is 6.36. The van der Waals surface area contributed by atoms with Crippen LogP contribution in [0.25, 0.3) is 0 Å². The standard InChI is InChI=1S/C23H29N7O2/c1-2-18(31)16-10-13-30(21(16)24)20-9-7-17(22(25)32)23(28-20)27-15-6-8-19(26-14-15)29-11-4-3-5-12-29/h2,6-9,14,16,21H,1,3-5,10-13,24H2,(H2,25,32)(H,27,28). The van der Waals surface area contributed by atoms with Crippen molar-refractivity contribution in [1.82, 2.24) is 9.97 Å². The van der Waals surface area contributed by atoms with Crippen molar-refractivity contribution in [2.75, 3.05) is 34.8 Å². The molecule has 9 nitrogen and oxygen atoms in total. The lowest BCUT2D eigenvalue weighted by atomic mass is 10.0. The second-order valence-corrected chi connectivity index (χ2v) is 8.19. The molecule has 0 spiro atoms. The van der Waals surface area contributed by atoms with Gasteiger partial charge in [-0.25, -0.2) is 9.97 Å². The first-order valence-corrected chi connectivity index (χ1v) is 11.0. The molecule has 4 heterocycles. The van der Waals surface area contributed by atoms with E-state index in [1.807, 2.05) is 17.0 Å². The fraction of sp³-hybridized carbons (Fsp3) is 0.391. The Balaban J connectivity index is 1.56. The van der Waals surface area contributed by atoms with Gasteiger partial charge in [0.05, 0.1) is 29.5 Å². The summed E-state index contributed by atoms with van der Waals surface area (Å²) in [5.74, 6) is 0.846. The predicted octanol–water partition coefficient (Wildman–Crippen LogP) is 2.18. The highest BCUT2D eigenvalue weighted by molar-refractivity contribution is 5.98. The number of anilines is 4. The summed E-state index contributed by atoms with van der Waals surface area (Å²) in [4.78, 5) is 37.4. The van der Waals surface area contributed by atoms with Crippen molar-refractivity contribution in [3.8, 4) is 0 Å². The number of carbonyl (C=O) groups is 2. The lowest BCUT2D eigenvalue weighted by molar-refractivity contribution is -0.118. The average molecular weight is 436 g/mol. The number of nitrogens with zero attached hydrogens (tertiary/aromatic N) is 4. The summed E-state index contributed by atoms with van der Waals surface area (Å²) in [5, 5.41) is 3.16. The molecule has 2 atom stereocenters. The SMILES string of the molecule is C=CC(=O)C1CCN(c2ccc(C(N)=O)c(Nc3ccc(N4CCCCC4)nc3)n2)C1N. The Morgan fingerprint density at radius 1 is 1.09 bits per heavy atom. The van der Waals surface area contributed by atoms with Crippen LogP contribution in [-0.4, -0.2) is 47.5 Å². The molecule has 1 amide bonds. The molecule has 2 aliphatic heterocycles. The van der Waals surface area contributed by atoms with Crippen LogP contribution in [0.4, 0.5) is 23.1 Å². The highest BCUT2D eigenvalue weighted by atomic mass is 16.1. The molecular formula is C23H29N7O2. The van der Waals surface area contributed by atoms with Crippen LogP contribution in [0, 0.1) is 5.92 Å². The molecule has 0 aliphatic carbocycles. The fourth-order valence-corrected chi connectivity index (χ4v) is 4.35. The number of allylic oxidation sites excluding steroid dienone is 1. The minimum atomic E-state index is -0.588. The first-order chi connectivity index (χ1) is 15.5. The van der Waals surface area contributed by atoms with E-state index in [9.17, 15) is 9.59 Å². The molecule has 9 heteroatoms. The van der Waals surface area contributed by atoms with E-state index in [1.54, 1.807) is 18.3 Å². The van der Waals surface area contributed by atoms with Gasteiger partial charge in [-0.15, -0.1) is 0 Å². The van der Waals surface area contributed by atoms with Crippen molar-refractivity contribution in [2.45, 2.75) is 31.8 Å². The Bertz CT molecular complexity index is 1000. The summed E-state index contributed by atoms with van der Waals surface area (Å²) >= 11 is 0. The van der Waals surface area contributed by atoms with Crippen molar-refractivity contribution in [2.24, 2.45) is 17.4 Å². The molecular weight excluding hydrogens is 406 g/mol. The summed E-state index contributed by atoms with van der Waals surface area (Å²) in [6.07, 6.45) is 6.77. The van der Waals surface area contributed by atoms with Crippen LogP contribution in [0.15, 0.2) is 43.1 Å². The molecule has 168 valence electrons. The number of piperidine rings is 1. The summed E-state index contributed by atoms with van der Waals surface area (Å²) in [5.41, 5.74) is 12.8. The Morgan fingerprint density at radius 2 is 1.84 bits per heavy atom. The predicted molar refractivity (Wildman–Crippen MR) is 125 cm³/mol. The number of nitrogens with two attached hydrogens (primary N) is 2. The highest BCUT2D eigenvalue weighted by Gasteiger charge is 2.36. The minimum Gasteiger partial charge on any atom is -0.365 e. The summed E-state index contributed by atoms with van der Waals surface area (Å²) in [6, 6.07) is 7.20. The van der Waals surface area contributed by atoms with Gasteiger partial charge >= 0.3 is 0 Å². The molecule has 0 saturated carbocycles. The summed E-state index contributed by atoms with van der Waals surface area (Å²) < 4.78 is 0. The summed E-state index contributed by atoms with van der Waals surface area (Å²) in [6.45, 7) is 6.17. The number of hydrogen-bond donors (Lipinski definition) is 3. The molecule has 0 radical (unpaired) electrons. The molecule has 4 rings (SSSR count). The van der Waals surface area contributed by atoms with Crippen LogP contribution in [0.3, 0.4) is 0 Å². The Hall–Kier alpha value is -3.46. The van der Waals surface area contributed by atoms with Crippen molar-refractivity contribution < 1.29 is 9.59 Å². The van der Waals surface area contributed by atoms with Crippen molar-refractivity contribution in [3.05, 3.63) is 48.7 Å². The molecule has 2 saturated heterocycles. The lowest BCUT2D eigenvalue weighted by Crippen LogP contribution is -2.43. The largest absolute Gasteiger partial charge is 0.365 e. The number of aromatic nitrogens is 2. The van der Waals surface area contributed by atoms with E-state index in [0.717, 1.165) is 18.9 Å². The molecule has 2 unspecified atom stereocenters. The van der Waals surface area contributed by atoms with Gasteiger partial charge in [0.25, 0.3) is 5.91 Å². The lowest BCUT2D eigenvalue weighted by Gasteiger charge is -2.27. The van der Waals surface area contributed by atoms with Gasteiger partial charge in [-0.3, -0.25) is 9.59 Å². The van der Waals surface area contributed by atoms with Crippen LogP contribution in [0.5, 0.6) is 0 Å². The molecule has 0 bridgehead atoms. The highest BCUT2D eigenvalue weighted by Crippen LogP contribution is 2.30. The van der Waals surface area contributed by atoms with E-state index >= 15 is 0 Å². The number of primary amides is 1. The van der Waals surface area contributed by atoms with Gasteiger partial charge in [0.15, 0.2) is 5.78 Å². The first kappa shape index (κ1) is 21.8. The van der Waals surface area contributed by atoms with E-state index in [-0.39, 0.29) is 17.3 Å². The molecule has 2 fully saturated rings. The van der Waals surface area contributed by atoms with Gasteiger partial charge < -0.3 is 26.6 Å². The number of ketones is 1. The smallest absolute Gasteiger partial charge is 0.252 e. The van der Waals surface area contributed by atoms with Crippen LogP contribution in [0.2, 0.25) is 0 Å². The maximum Gasteiger partial charge on any atom is 0.252 e. The van der Waals surface area contributed by atoms with Crippen LogP contribution >= 0.6 is 0 Å².